The standard InChI is InChI=1S/C17H27O3P/c1-16(2,3)12-9-11(7-8-14(18)20-21)10-13(15(12)19)17(4,5)6/h9-10,19H,7-8,21H2,1-6H3. The fourth-order valence-electron chi connectivity index (χ4n) is 2.29. The zero-order chi connectivity index (χ0) is 16.4. The van der Waals surface area contributed by atoms with Gasteiger partial charge in [-0.05, 0) is 33.9 Å². The number of aromatic hydroxyl groups is 1. The number of phenolic OH excluding ortho intramolecular Hbond substituents is 1. The smallest absolute Gasteiger partial charge is 0.308 e. The Hall–Kier alpha value is -1.08. The minimum absolute atomic E-state index is 0.152. The second-order valence-electron chi connectivity index (χ2n) is 7.53. The zero-order valence-electron chi connectivity index (χ0n) is 13.9. The highest BCUT2D eigenvalue weighted by molar-refractivity contribution is 7.10. The van der Waals surface area contributed by atoms with Gasteiger partial charge in [0.2, 0.25) is 0 Å². The summed E-state index contributed by atoms with van der Waals surface area (Å²) in [5.41, 5.74) is 2.59. The minimum Gasteiger partial charge on any atom is -0.507 e. The first-order valence-corrected chi connectivity index (χ1v) is 7.70. The molecule has 1 rings (SSSR count). The molecule has 0 aliphatic carbocycles. The van der Waals surface area contributed by atoms with Crippen LogP contribution in [0.25, 0.3) is 0 Å². The van der Waals surface area contributed by atoms with Gasteiger partial charge in [-0.3, -0.25) is 4.79 Å². The lowest BCUT2D eigenvalue weighted by atomic mass is 9.78. The van der Waals surface area contributed by atoms with Crippen molar-refractivity contribution in [2.75, 3.05) is 0 Å². The summed E-state index contributed by atoms with van der Waals surface area (Å²) in [5.74, 6) is 0.120. The Morgan fingerprint density at radius 2 is 1.52 bits per heavy atom. The van der Waals surface area contributed by atoms with Gasteiger partial charge in [-0.1, -0.05) is 53.7 Å². The molecule has 1 aromatic carbocycles. The quantitative estimate of drug-likeness (QED) is 0.849. The van der Waals surface area contributed by atoms with E-state index in [1.807, 2.05) is 21.6 Å². The van der Waals surface area contributed by atoms with Gasteiger partial charge in [-0.15, -0.1) is 0 Å². The maximum Gasteiger partial charge on any atom is 0.308 e. The fraction of sp³-hybridized carbons (Fsp3) is 0.588. The predicted molar refractivity (Wildman–Crippen MR) is 89.6 cm³/mol. The van der Waals surface area contributed by atoms with Crippen molar-refractivity contribution in [3.05, 3.63) is 28.8 Å². The lowest BCUT2D eigenvalue weighted by Gasteiger charge is -2.28. The average Bonchev–Trinajstić information content (AvgIpc) is 2.34. The molecule has 0 aliphatic rings. The van der Waals surface area contributed by atoms with Crippen molar-refractivity contribution in [2.24, 2.45) is 0 Å². The van der Waals surface area contributed by atoms with Gasteiger partial charge in [-0.25, -0.2) is 0 Å². The van der Waals surface area contributed by atoms with Crippen molar-refractivity contribution in [1.82, 2.24) is 0 Å². The van der Waals surface area contributed by atoms with E-state index >= 15 is 0 Å². The molecule has 0 bridgehead atoms. The first-order chi connectivity index (χ1) is 9.46. The number of carbonyl (C=O) groups is 1. The molecule has 0 spiro atoms. The first kappa shape index (κ1) is 18.0. The highest BCUT2D eigenvalue weighted by Crippen LogP contribution is 2.39. The van der Waals surface area contributed by atoms with Crippen LogP contribution in [0.5, 0.6) is 5.75 Å². The van der Waals surface area contributed by atoms with E-state index in [4.69, 9.17) is 0 Å². The molecule has 0 radical (unpaired) electrons. The lowest BCUT2D eigenvalue weighted by Crippen LogP contribution is -2.18. The number of phenols is 1. The molecule has 0 saturated heterocycles. The lowest BCUT2D eigenvalue weighted by molar-refractivity contribution is -0.133. The van der Waals surface area contributed by atoms with Gasteiger partial charge >= 0.3 is 5.97 Å². The zero-order valence-corrected chi connectivity index (χ0v) is 15.1. The van der Waals surface area contributed by atoms with Crippen molar-refractivity contribution in [2.45, 2.75) is 65.2 Å². The molecule has 0 amide bonds. The van der Waals surface area contributed by atoms with Crippen molar-refractivity contribution < 1.29 is 14.4 Å². The molecule has 0 aromatic heterocycles. The van der Waals surface area contributed by atoms with Gasteiger partial charge in [-0.2, -0.15) is 0 Å². The topological polar surface area (TPSA) is 46.5 Å². The highest BCUT2D eigenvalue weighted by atomic mass is 31.0. The van der Waals surface area contributed by atoms with E-state index < -0.39 is 0 Å². The van der Waals surface area contributed by atoms with Gasteiger partial charge in [0.05, 0.1) is 9.47 Å². The van der Waals surface area contributed by atoms with Gasteiger partial charge < -0.3 is 9.63 Å². The van der Waals surface area contributed by atoms with Crippen LogP contribution < -0.4 is 0 Å². The molecular weight excluding hydrogens is 283 g/mol. The van der Waals surface area contributed by atoms with Crippen molar-refractivity contribution in [3.8, 4) is 5.75 Å². The van der Waals surface area contributed by atoms with E-state index in [0.717, 1.165) is 16.7 Å². The Bertz CT molecular complexity index is 487. The summed E-state index contributed by atoms with van der Waals surface area (Å²) in [4.78, 5) is 11.3. The van der Waals surface area contributed by atoms with Crippen molar-refractivity contribution >= 4 is 15.4 Å². The van der Waals surface area contributed by atoms with E-state index in [1.165, 1.54) is 0 Å². The predicted octanol–water partition coefficient (Wildman–Crippen LogP) is 4.25. The van der Waals surface area contributed by atoms with Crippen LogP contribution in [0.2, 0.25) is 0 Å². The van der Waals surface area contributed by atoms with Crippen LogP contribution in [0, 0.1) is 0 Å². The van der Waals surface area contributed by atoms with Crippen molar-refractivity contribution in [3.63, 3.8) is 0 Å². The molecule has 1 aromatic rings. The normalized spacial score (nSPS) is 12.3. The van der Waals surface area contributed by atoms with E-state index in [2.05, 4.69) is 46.1 Å². The van der Waals surface area contributed by atoms with Crippen LogP contribution in [0.15, 0.2) is 12.1 Å². The summed E-state index contributed by atoms with van der Waals surface area (Å²) < 4.78 is 4.62. The Morgan fingerprint density at radius 3 is 1.86 bits per heavy atom. The number of carbonyl (C=O) groups excluding carboxylic acids is 1. The van der Waals surface area contributed by atoms with E-state index in [-0.39, 0.29) is 16.8 Å². The van der Waals surface area contributed by atoms with Gasteiger partial charge in [0, 0.05) is 6.42 Å². The van der Waals surface area contributed by atoms with Crippen LogP contribution in [0.1, 0.15) is 64.7 Å². The summed E-state index contributed by atoms with van der Waals surface area (Å²) >= 11 is 0. The monoisotopic (exact) mass is 310 g/mol. The molecular formula is C17H27O3P. The third-order valence-corrected chi connectivity index (χ3v) is 3.80. The number of rotatable bonds is 3. The molecule has 0 fully saturated rings. The second kappa shape index (κ2) is 6.36. The maximum atomic E-state index is 11.3. The SMILES string of the molecule is CC(C)(C)c1cc(CCC(=O)OP)cc(C(C)(C)C)c1O. The largest absolute Gasteiger partial charge is 0.507 e. The van der Waals surface area contributed by atoms with Crippen LogP contribution in [-0.2, 0) is 26.6 Å². The van der Waals surface area contributed by atoms with Crippen LogP contribution in [-0.4, -0.2) is 11.1 Å². The first-order valence-electron chi connectivity index (χ1n) is 7.23. The Balaban J connectivity index is 3.31. The molecule has 1 atom stereocenters. The summed E-state index contributed by atoms with van der Waals surface area (Å²) in [5, 5.41) is 10.6. The molecule has 4 heteroatoms. The van der Waals surface area contributed by atoms with Gasteiger partial charge in [0.15, 0.2) is 0 Å². The fourth-order valence-corrected chi connectivity index (χ4v) is 2.41. The molecule has 0 aliphatic heterocycles. The molecule has 3 nitrogen and oxygen atoms in total. The summed E-state index contributed by atoms with van der Waals surface area (Å²) in [6.07, 6.45) is 0.946. The van der Waals surface area contributed by atoms with Crippen LogP contribution in [0.3, 0.4) is 0 Å². The third-order valence-electron chi connectivity index (χ3n) is 3.53. The average molecular weight is 310 g/mol. The second-order valence-corrected chi connectivity index (χ2v) is 7.77. The minimum atomic E-state index is -0.248. The Labute approximate surface area is 130 Å². The van der Waals surface area contributed by atoms with E-state index in [1.54, 1.807) is 0 Å². The molecule has 1 unspecified atom stereocenters. The maximum absolute atomic E-state index is 11.3. The van der Waals surface area contributed by atoms with Gasteiger partial charge in [0.1, 0.15) is 5.75 Å². The Kier molecular flexibility index (Phi) is 5.44. The summed E-state index contributed by atoms with van der Waals surface area (Å²) in [6.45, 7) is 12.5. The number of hydrogen-bond acceptors (Lipinski definition) is 3. The summed E-state index contributed by atoms with van der Waals surface area (Å²) in [6, 6.07) is 4.00. The number of benzene rings is 1. The van der Waals surface area contributed by atoms with E-state index in [9.17, 15) is 9.90 Å². The summed E-state index contributed by atoms with van der Waals surface area (Å²) in [7, 11) is 1.98. The highest BCUT2D eigenvalue weighted by Gasteiger charge is 2.26. The Morgan fingerprint density at radius 1 is 1.10 bits per heavy atom. The third kappa shape index (κ3) is 4.71. The number of aryl methyl sites for hydroxylation is 1. The van der Waals surface area contributed by atoms with Gasteiger partial charge in [0.25, 0.3) is 0 Å². The molecule has 118 valence electrons. The van der Waals surface area contributed by atoms with Crippen LogP contribution >= 0.6 is 9.47 Å². The van der Waals surface area contributed by atoms with E-state index in [0.29, 0.717) is 18.6 Å². The van der Waals surface area contributed by atoms with Crippen LogP contribution in [0.4, 0.5) is 0 Å². The number of hydrogen-bond donors (Lipinski definition) is 1. The molecule has 0 saturated carbocycles. The molecule has 0 heterocycles. The molecule has 21 heavy (non-hydrogen) atoms. The molecule has 1 N–H and O–H groups in total. The van der Waals surface area contributed by atoms with Crippen molar-refractivity contribution in [1.29, 1.82) is 0 Å².